The third kappa shape index (κ3) is 4.42. The van der Waals surface area contributed by atoms with Crippen molar-refractivity contribution in [3.8, 4) is 11.5 Å². The molecule has 0 saturated carbocycles. The lowest BCUT2D eigenvalue weighted by molar-refractivity contribution is -0.131. The Kier molecular flexibility index (Phi) is 6.01. The standard InChI is InChI=1S/C20H21BrN2O4/c1-12(16-10-15(25-2)7-8-18(16)26-3)22-20(24)19-11-17(23-27-19)13-5-4-6-14(21)9-13/h4-10,12,19H,11H2,1-3H3,(H,22,24)/t12-,19+/m1/s1. The maximum atomic E-state index is 12.6. The van der Waals surface area contributed by atoms with Gasteiger partial charge in [-0.25, -0.2) is 0 Å². The van der Waals surface area contributed by atoms with Crippen LogP contribution in [0.2, 0.25) is 0 Å². The molecule has 0 saturated heterocycles. The summed E-state index contributed by atoms with van der Waals surface area (Å²) in [5.74, 6) is 1.16. The normalized spacial score (nSPS) is 16.9. The van der Waals surface area contributed by atoms with Gasteiger partial charge in [0, 0.05) is 22.0 Å². The first kappa shape index (κ1) is 19.2. The second kappa shape index (κ2) is 8.43. The third-order valence-corrected chi connectivity index (χ3v) is 4.87. The molecule has 0 unspecified atom stereocenters. The van der Waals surface area contributed by atoms with Gasteiger partial charge in [0.25, 0.3) is 5.91 Å². The fourth-order valence-electron chi connectivity index (χ4n) is 2.92. The van der Waals surface area contributed by atoms with Crippen LogP contribution in [-0.2, 0) is 9.63 Å². The van der Waals surface area contributed by atoms with E-state index in [1.54, 1.807) is 14.2 Å². The Morgan fingerprint density at radius 2 is 2.07 bits per heavy atom. The van der Waals surface area contributed by atoms with Crippen LogP contribution in [-0.4, -0.2) is 31.9 Å². The minimum atomic E-state index is -0.655. The average molecular weight is 433 g/mol. The van der Waals surface area contributed by atoms with Crippen LogP contribution in [0.5, 0.6) is 11.5 Å². The zero-order valence-electron chi connectivity index (χ0n) is 15.4. The molecule has 1 aliphatic heterocycles. The summed E-state index contributed by atoms with van der Waals surface area (Å²) < 4.78 is 11.6. The molecule has 7 heteroatoms. The van der Waals surface area contributed by atoms with Crippen molar-refractivity contribution in [1.82, 2.24) is 5.32 Å². The summed E-state index contributed by atoms with van der Waals surface area (Å²) in [6.45, 7) is 1.89. The first-order chi connectivity index (χ1) is 13.0. The number of amides is 1. The fraction of sp³-hybridized carbons (Fsp3) is 0.300. The fourth-order valence-corrected chi connectivity index (χ4v) is 3.32. The topological polar surface area (TPSA) is 69.2 Å². The molecule has 0 bridgehead atoms. The number of rotatable bonds is 6. The summed E-state index contributed by atoms with van der Waals surface area (Å²) in [5.41, 5.74) is 2.52. The van der Waals surface area contributed by atoms with Crippen molar-refractivity contribution in [2.24, 2.45) is 5.16 Å². The van der Waals surface area contributed by atoms with Gasteiger partial charge in [0.2, 0.25) is 6.10 Å². The molecule has 0 aliphatic carbocycles. The van der Waals surface area contributed by atoms with Gasteiger partial charge in [-0.3, -0.25) is 4.79 Å². The van der Waals surface area contributed by atoms with Crippen molar-refractivity contribution in [2.75, 3.05) is 14.2 Å². The van der Waals surface area contributed by atoms with Gasteiger partial charge >= 0.3 is 0 Å². The van der Waals surface area contributed by atoms with Crippen molar-refractivity contribution < 1.29 is 19.1 Å². The lowest BCUT2D eigenvalue weighted by atomic mass is 10.0. The number of hydrogen-bond donors (Lipinski definition) is 1. The number of oxime groups is 1. The number of benzene rings is 2. The lowest BCUT2D eigenvalue weighted by Gasteiger charge is -2.19. The van der Waals surface area contributed by atoms with Gasteiger partial charge < -0.3 is 19.6 Å². The molecule has 2 aromatic carbocycles. The number of nitrogens with zero attached hydrogens (tertiary/aromatic N) is 1. The lowest BCUT2D eigenvalue weighted by Crippen LogP contribution is -2.36. The summed E-state index contributed by atoms with van der Waals surface area (Å²) in [6, 6.07) is 13.0. The average Bonchev–Trinajstić information content (AvgIpc) is 3.17. The quantitative estimate of drug-likeness (QED) is 0.752. The van der Waals surface area contributed by atoms with E-state index in [1.807, 2.05) is 49.4 Å². The molecule has 0 fully saturated rings. The van der Waals surface area contributed by atoms with Crippen molar-refractivity contribution >= 4 is 27.5 Å². The summed E-state index contributed by atoms with van der Waals surface area (Å²) in [7, 11) is 3.19. The maximum Gasteiger partial charge on any atom is 0.264 e. The zero-order chi connectivity index (χ0) is 19.4. The first-order valence-corrected chi connectivity index (χ1v) is 9.32. The highest BCUT2D eigenvalue weighted by atomic mass is 79.9. The van der Waals surface area contributed by atoms with Crippen LogP contribution in [0, 0.1) is 0 Å². The summed E-state index contributed by atoms with van der Waals surface area (Å²) >= 11 is 3.44. The highest BCUT2D eigenvalue weighted by molar-refractivity contribution is 9.10. The molecule has 0 spiro atoms. The van der Waals surface area contributed by atoms with Crippen LogP contribution >= 0.6 is 15.9 Å². The van der Waals surface area contributed by atoms with E-state index >= 15 is 0 Å². The van der Waals surface area contributed by atoms with Gasteiger partial charge in [0.1, 0.15) is 11.5 Å². The monoisotopic (exact) mass is 432 g/mol. The highest BCUT2D eigenvalue weighted by Crippen LogP contribution is 2.29. The second-order valence-electron chi connectivity index (χ2n) is 6.18. The van der Waals surface area contributed by atoms with Gasteiger partial charge in [-0.1, -0.05) is 33.2 Å². The van der Waals surface area contributed by atoms with Crippen molar-refractivity contribution in [3.05, 3.63) is 58.1 Å². The molecular weight excluding hydrogens is 412 g/mol. The van der Waals surface area contributed by atoms with Gasteiger partial charge in [0.05, 0.1) is 26.0 Å². The van der Waals surface area contributed by atoms with Crippen molar-refractivity contribution in [2.45, 2.75) is 25.5 Å². The van der Waals surface area contributed by atoms with Crippen LogP contribution in [0.1, 0.15) is 30.5 Å². The van der Waals surface area contributed by atoms with E-state index in [1.165, 1.54) is 0 Å². The third-order valence-electron chi connectivity index (χ3n) is 4.38. The maximum absolute atomic E-state index is 12.6. The van der Waals surface area contributed by atoms with E-state index in [0.29, 0.717) is 17.9 Å². The summed E-state index contributed by atoms with van der Waals surface area (Å²) in [4.78, 5) is 18.0. The number of nitrogens with one attached hydrogen (secondary N) is 1. The van der Waals surface area contributed by atoms with E-state index in [4.69, 9.17) is 14.3 Å². The number of ether oxygens (including phenoxy) is 2. The van der Waals surface area contributed by atoms with Gasteiger partial charge in [-0.2, -0.15) is 0 Å². The van der Waals surface area contributed by atoms with E-state index < -0.39 is 6.10 Å². The van der Waals surface area contributed by atoms with Crippen LogP contribution in [0.15, 0.2) is 52.1 Å². The Morgan fingerprint density at radius 1 is 1.26 bits per heavy atom. The minimum Gasteiger partial charge on any atom is -0.497 e. The predicted octanol–water partition coefficient (Wildman–Crippen LogP) is 3.84. The SMILES string of the molecule is COc1ccc(OC)c([C@@H](C)NC(=O)[C@@H]2CC(c3cccc(Br)c3)=NO2)c1. The Hall–Kier alpha value is -2.54. The number of carbonyl (C=O) groups is 1. The second-order valence-corrected chi connectivity index (χ2v) is 7.10. The first-order valence-electron chi connectivity index (χ1n) is 8.52. The zero-order valence-corrected chi connectivity index (χ0v) is 16.9. The molecule has 142 valence electrons. The Balaban J connectivity index is 1.66. The Morgan fingerprint density at radius 3 is 2.78 bits per heavy atom. The smallest absolute Gasteiger partial charge is 0.264 e. The molecule has 1 heterocycles. The number of methoxy groups -OCH3 is 2. The van der Waals surface area contributed by atoms with Crippen molar-refractivity contribution in [3.63, 3.8) is 0 Å². The van der Waals surface area contributed by atoms with Crippen LogP contribution < -0.4 is 14.8 Å². The minimum absolute atomic E-state index is 0.221. The molecule has 1 amide bonds. The van der Waals surface area contributed by atoms with Crippen molar-refractivity contribution in [1.29, 1.82) is 0 Å². The predicted molar refractivity (Wildman–Crippen MR) is 106 cm³/mol. The number of carbonyl (C=O) groups excluding carboxylic acids is 1. The van der Waals surface area contributed by atoms with Gasteiger partial charge in [0.15, 0.2) is 0 Å². The summed E-state index contributed by atoms with van der Waals surface area (Å²) in [5, 5.41) is 7.05. The molecule has 2 atom stereocenters. The van der Waals surface area contributed by atoms with Gasteiger partial charge in [-0.15, -0.1) is 0 Å². The molecule has 6 nitrogen and oxygen atoms in total. The highest BCUT2D eigenvalue weighted by Gasteiger charge is 2.30. The van der Waals surface area contributed by atoms with E-state index in [9.17, 15) is 4.79 Å². The van der Waals surface area contributed by atoms with E-state index in [-0.39, 0.29) is 11.9 Å². The number of halogens is 1. The molecular formula is C20H21BrN2O4. The summed E-state index contributed by atoms with van der Waals surface area (Å²) in [6.07, 6.45) is -0.234. The molecule has 0 radical (unpaired) electrons. The Labute approximate surface area is 166 Å². The van der Waals surface area contributed by atoms with Crippen LogP contribution in [0.4, 0.5) is 0 Å². The molecule has 3 rings (SSSR count). The Bertz CT molecular complexity index is 869. The molecule has 2 aromatic rings. The molecule has 27 heavy (non-hydrogen) atoms. The van der Waals surface area contributed by atoms with Gasteiger partial charge in [-0.05, 0) is 37.3 Å². The largest absolute Gasteiger partial charge is 0.497 e. The van der Waals surface area contributed by atoms with Crippen LogP contribution in [0.25, 0.3) is 0 Å². The molecule has 1 N–H and O–H groups in total. The van der Waals surface area contributed by atoms with E-state index in [2.05, 4.69) is 26.4 Å². The molecule has 1 aliphatic rings. The number of hydrogen-bond acceptors (Lipinski definition) is 5. The van der Waals surface area contributed by atoms with E-state index in [0.717, 1.165) is 21.3 Å². The molecule has 0 aromatic heterocycles. The van der Waals surface area contributed by atoms with Crippen LogP contribution in [0.3, 0.4) is 0 Å².